The topological polar surface area (TPSA) is 55.6 Å². The van der Waals surface area contributed by atoms with Crippen LogP contribution in [0.4, 0.5) is 0 Å². The Balaban J connectivity index is 1.45. The van der Waals surface area contributed by atoms with E-state index in [4.69, 9.17) is 9.26 Å². The van der Waals surface area contributed by atoms with E-state index in [-0.39, 0.29) is 5.91 Å². The molecule has 2 aromatic rings. The molecule has 0 aliphatic carbocycles. The molecule has 1 fully saturated rings. The molecule has 1 aliphatic heterocycles. The molecule has 1 aromatic heterocycles. The molecule has 0 bridgehead atoms. The first-order valence-electron chi connectivity index (χ1n) is 8.51. The van der Waals surface area contributed by atoms with E-state index in [0.717, 1.165) is 44.5 Å². The van der Waals surface area contributed by atoms with E-state index < -0.39 is 0 Å². The maximum Gasteiger partial charge on any atom is 0.276 e. The maximum absolute atomic E-state index is 12.4. The normalized spacial score (nSPS) is 15.5. The fourth-order valence-corrected chi connectivity index (χ4v) is 3.22. The number of ether oxygens (including phenoxy) is 1. The quantitative estimate of drug-likeness (QED) is 0.843. The Hall–Kier alpha value is -2.30. The molecule has 5 nitrogen and oxygen atoms in total. The summed E-state index contributed by atoms with van der Waals surface area (Å²) in [4.78, 5) is 14.2. The molecule has 24 heavy (non-hydrogen) atoms. The third kappa shape index (κ3) is 3.96. The van der Waals surface area contributed by atoms with Gasteiger partial charge in [0, 0.05) is 19.2 Å². The van der Waals surface area contributed by atoms with Crippen LogP contribution in [0.15, 0.2) is 34.9 Å². The molecule has 1 amide bonds. The first-order chi connectivity index (χ1) is 11.7. The van der Waals surface area contributed by atoms with Crippen molar-refractivity contribution in [2.75, 3.05) is 20.2 Å². The van der Waals surface area contributed by atoms with E-state index in [2.05, 4.69) is 17.3 Å². The van der Waals surface area contributed by atoms with Crippen molar-refractivity contribution in [3.8, 4) is 5.75 Å². The molecule has 0 radical (unpaired) electrons. The van der Waals surface area contributed by atoms with E-state index >= 15 is 0 Å². The fraction of sp³-hybridized carbons (Fsp3) is 0.474. The van der Waals surface area contributed by atoms with Gasteiger partial charge in [-0.3, -0.25) is 4.79 Å². The summed E-state index contributed by atoms with van der Waals surface area (Å²) in [5, 5.41) is 3.82. The predicted molar refractivity (Wildman–Crippen MR) is 91.2 cm³/mol. The number of methoxy groups -OCH3 is 1. The Bertz CT molecular complexity index is 670. The highest BCUT2D eigenvalue weighted by atomic mass is 16.5. The summed E-state index contributed by atoms with van der Waals surface area (Å²) in [5.74, 6) is 2.23. The molecule has 0 N–H and O–H groups in total. The van der Waals surface area contributed by atoms with Crippen LogP contribution >= 0.6 is 0 Å². The average molecular weight is 328 g/mol. The van der Waals surface area contributed by atoms with Gasteiger partial charge in [0.25, 0.3) is 5.91 Å². The third-order valence-electron chi connectivity index (χ3n) is 4.75. The zero-order valence-corrected chi connectivity index (χ0v) is 14.3. The summed E-state index contributed by atoms with van der Waals surface area (Å²) in [7, 11) is 1.68. The molecule has 1 aliphatic rings. The van der Waals surface area contributed by atoms with Crippen molar-refractivity contribution in [3.63, 3.8) is 0 Å². The number of aromatic nitrogens is 1. The standard InChI is InChI=1S/C19H24N2O3/c1-14-13-18(20-24-14)19(22)21-11-9-16(10-12-21)4-3-15-5-7-17(23-2)8-6-15/h5-8,13,16H,3-4,9-12H2,1-2H3. The van der Waals surface area contributed by atoms with Gasteiger partial charge in [0.1, 0.15) is 11.5 Å². The van der Waals surface area contributed by atoms with Crippen LogP contribution < -0.4 is 4.74 Å². The number of aryl methyl sites for hydroxylation is 2. The summed E-state index contributed by atoms with van der Waals surface area (Å²) in [6, 6.07) is 9.99. The Morgan fingerprint density at radius 3 is 2.58 bits per heavy atom. The number of hydrogen-bond acceptors (Lipinski definition) is 4. The highest BCUT2D eigenvalue weighted by Gasteiger charge is 2.25. The van der Waals surface area contributed by atoms with E-state index in [1.54, 1.807) is 20.1 Å². The molecule has 3 rings (SSSR count). The van der Waals surface area contributed by atoms with Crippen LogP contribution in [0.5, 0.6) is 5.75 Å². The second-order valence-corrected chi connectivity index (χ2v) is 6.45. The van der Waals surface area contributed by atoms with Crippen LogP contribution in [-0.4, -0.2) is 36.2 Å². The smallest absolute Gasteiger partial charge is 0.276 e. The van der Waals surface area contributed by atoms with Gasteiger partial charge in [0.05, 0.1) is 7.11 Å². The molecule has 1 saturated heterocycles. The average Bonchev–Trinajstić information content (AvgIpc) is 3.06. The number of carbonyl (C=O) groups excluding carboxylic acids is 1. The lowest BCUT2D eigenvalue weighted by molar-refractivity contribution is 0.0676. The van der Waals surface area contributed by atoms with Crippen molar-refractivity contribution in [2.24, 2.45) is 5.92 Å². The van der Waals surface area contributed by atoms with E-state index in [1.165, 1.54) is 5.56 Å². The van der Waals surface area contributed by atoms with Gasteiger partial charge in [0.15, 0.2) is 5.69 Å². The molecule has 1 aromatic carbocycles. The number of piperidine rings is 1. The molecule has 2 heterocycles. The summed E-state index contributed by atoms with van der Waals surface area (Å²) in [5.41, 5.74) is 1.76. The SMILES string of the molecule is COc1ccc(CCC2CCN(C(=O)c3cc(C)on3)CC2)cc1. The minimum atomic E-state index is -0.0135. The molecule has 5 heteroatoms. The van der Waals surface area contributed by atoms with E-state index in [1.807, 2.05) is 17.0 Å². The number of benzene rings is 1. The second-order valence-electron chi connectivity index (χ2n) is 6.45. The largest absolute Gasteiger partial charge is 0.497 e. The Morgan fingerprint density at radius 2 is 2.00 bits per heavy atom. The lowest BCUT2D eigenvalue weighted by atomic mass is 9.90. The molecular weight excluding hydrogens is 304 g/mol. The minimum Gasteiger partial charge on any atom is -0.497 e. The highest BCUT2D eigenvalue weighted by Crippen LogP contribution is 2.24. The summed E-state index contributed by atoms with van der Waals surface area (Å²) >= 11 is 0. The van der Waals surface area contributed by atoms with Gasteiger partial charge in [-0.05, 0) is 56.2 Å². The third-order valence-corrected chi connectivity index (χ3v) is 4.75. The van der Waals surface area contributed by atoms with Gasteiger partial charge in [-0.15, -0.1) is 0 Å². The Labute approximate surface area is 142 Å². The Morgan fingerprint density at radius 1 is 1.29 bits per heavy atom. The summed E-state index contributed by atoms with van der Waals surface area (Å²) in [6.45, 7) is 3.41. The van der Waals surface area contributed by atoms with Crippen molar-refractivity contribution < 1.29 is 14.1 Å². The van der Waals surface area contributed by atoms with Crippen LogP contribution in [0.3, 0.4) is 0 Å². The van der Waals surface area contributed by atoms with Crippen LogP contribution in [0.25, 0.3) is 0 Å². The second kappa shape index (κ2) is 7.51. The highest BCUT2D eigenvalue weighted by molar-refractivity contribution is 5.92. The van der Waals surface area contributed by atoms with Crippen molar-refractivity contribution in [1.82, 2.24) is 10.1 Å². The molecule has 0 spiro atoms. The zero-order chi connectivity index (χ0) is 16.9. The molecule has 0 atom stereocenters. The first-order valence-corrected chi connectivity index (χ1v) is 8.51. The monoisotopic (exact) mass is 328 g/mol. The van der Waals surface area contributed by atoms with Gasteiger partial charge in [-0.1, -0.05) is 17.3 Å². The van der Waals surface area contributed by atoms with E-state index in [9.17, 15) is 4.79 Å². The number of amides is 1. The summed E-state index contributed by atoms with van der Waals surface area (Å²) < 4.78 is 10.2. The van der Waals surface area contributed by atoms with Gasteiger partial charge < -0.3 is 14.2 Å². The lowest BCUT2D eigenvalue weighted by Gasteiger charge is -2.31. The van der Waals surface area contributed by atoms with Gasteiger partial charge in [0.2, 0.25) is 0 Å². The van der Waals surface area contributed by atoms with Crippen LogP contribution in [0.1, 0.15) is 41.1 Å². The minimum absolute atomic E-state index is 0.0135. The van der Waals surface area contributed by atoms with Crippen molar-refractivity contribution in [2.45, 2.75) is 32.6 Å². The van der Waals surface area contributed by atoms with Gasteiger partial charge in [-0.2, -0.15) is 0 Å². The molecule has 0 saturated carbocycles. The first kappa shape index (κ1) is 16.6. The zero-order valence-electron chi connectivity index (χ0n) is 14.3. The predicted octanol–water partition coefficient (Wildman–Crippen LogP) is 3.48. The molecule has 0 unspecified atom stereocenters. The van der Waals surface area contributed by atoms with Crippen molar-refractivity contribution >= 4 is 5.91 Å². The molecular formula is C19H24N2O3. The lowest BCUT2D eigenvalue weighted by Crippen LogP contribution is -2.38. The van der Waals surface area contributed by atoms with Gasteiger partial charge in [-0.25, -0.2) is 0 Å². The number of rotatable bonds is 5. The molecule has 128 valence electrons. The van der Waals surface area contributed by atoms with E-state index in [0.29, 0.717) is 17.4 Å². The number of hydrogen-bond donors (Lipinski definition) is 0. The van der Waals surface area contributed by atoms with Crippen LogP contribution in [-0.2, 0) is 6.42 Å². The number of carbonyl (C=O) groups is 1. The summed E-state index contributed by atoms with van der Waals surface area (Å²) in [6.07, 6.45) is 4.35. The van der Waals surface area contributed by atoms with Crippen LogP contribution in [0.2, 0.25) is 0 Å². The van der Waals surface area contributed by atoms with Crippen molar-refractivity contribution in [3.05, 3.63) is 47.3 Å². The number of nitrogens with zero attached hydrogens (tertiary/aromatic N) is 2. The van der Waals surface area contributed by atoms with Gasteiger partial charge >= 0.3 is 0 Å². The number of likely N-dealkylation sites (tertiary alicyclic amines) is 1. The van der Waals surface area contributed by atoms with Crippen LogP contribution in [0, 0.1) is 12.8 Å². The van der Waals surface area contributed by atoms with Crippen molar-refractivity contribution in [1.29, 1.82) is 0 Å². The Kier molecular flexibility index (Phi) is 5.18. The maximum atomic E-state index is 12.4. The fourth-order valence-electron chi connectivity index (χ4n) is 3.22.